The van der Waals surface area contributed by atoms with Crippen molar-refractivity contribution in [2.24, 2.45) is 41.4 Å². The van der Waals surface area contributed by atoms with Gasteiger partial charge in [-0.25, -0.2) is 0 Å². The number of fused-ring (bicyclic) bond motifs is 2. The summed E-state index contributed by atoms with van der Waals surface area (Å²) >= 11 is 1.47. The Morgan fingerprint density at radius 1 is 0.811 bits per heavy atom. The van der Waals surface area contributed by atoms with Crippen LogP contribution in [0.1, 0.15) is 71.4 Å². The molecule has 4 aliphatic rings. The Morgan fingerprint density at radius 3 is 2.03 bits per heavy atom. The average Bonchev–Trinajstić information content (AvgIpc) is 3.37. The Labute approximate surface area is 254 Å². The summed E-state index contributed by atoms with van der Waals surface area (Å²) in [6, 6.07) is 9.16. The van der Waals surface area contributed by atoms with E-state index in [-0.39, 0.29) is 14.9 Å². The third kappa shape index (κ3) is 6.42. The van der Waals surface area contributed by atoms with Gasteiger partial charge in [-0.15, -0.1) is 11.8 Å². The molecule has 0 nitrogen and oxygen atoms in total. The minimum atomic E-state index is -1.44. The molecule has 5 rings (SSSR count). The standard InChI is InChI=1S/C30H46SSi.2CH3.2ClH.Zr/c1-17-13-19(3)24-15-20(4)29(25(24)14-17)32(7,8)30-21(5)16-26-27(22(6)31-28(26)30)23-12-10-9-11-18(23)2;;;;;/h9-12,17,19-21,24-26,28-30H,13-16H2,1-8H3;2*1H3;2*1H;/q;2*-1;;;+4/p-2. The van der Waals surface area contributed by atoms with Crippen LogP contribution in [-0.4, -0.2) is 13.3 Å². The summed E-state index contributed by atoms with van der Waals surface area (Å²) in [5, 5.41) is 0.839. The molecular weight excluding hydrogens is 607 g/mol. The average molecular weight is 659 g/mol. The van der Waals surface area contributed by atoms with E-state index >= 15 is 0 Å². The third-order valence-electron chi connectivity index (χ3n) is 10.7. The van der Waals surface area contributed by atoms with E-state index in [2.05, 4.69) is 90.7 Å². The Hall–Kier alpha value is 0.990. The van der Waals surface area contributed by atoms with Crippen LogP contribution in [0.5, 0.6) is 0 Å². The van der Waals surface area contributed by atoms with Gasteiger partial charge in [-0.05, 0) is 114 Å². The second-order valence-corrected chi connectivity index (χ2v) is 23.3. The first-order valence-electron chi connectivity index (χ1n) is 13.9. The monoisotopic (exact) mass is 656 g/mol. The van der Waals surface area contributed by atoms with Crippen molar-refractivity contribution in [3.05, 3.63) is 55.2 Å². The molecule has 1 aromatic carbocycles. The molecule has 208 valence electrons. The van der Waals surface area contributed by atoms with Crippen molar-refractivity contribution in [2.45, 2.75) is 96.7 Å². The van der Waals surface area contributed by atoms with Gasteiger partial charge >= 0.3 is 37.9 Å². The van der Waals surface area contributed by atoms with Crippen LogP contribution in [0.4, 0.5) is 0 Å². The fourth-order valence-corrected chi connectivity index (χ4v) is 19.0. The van der Waals surface area contributed by atoms with Crippen molar-refractivity contribution < 1.29 is 20.8 Å². The van der Waals surface area contributed by atoms with E-state index < -0.39 is 28.9 Å². The van der Waals surface area contributed by atoms with E-state index in [1.54, 1.807) is 16.0 Å². The summed E-state index contributed by atoms with van der Waals surface area (Å²) in [6.07, 6.45) is 5.94. The summed E-state index contributed by atoms with van der Waals surface area (Å²) < 4.78 is 0. The number of halogens is 2. The van der Waals surface area contributed by atoms with Gasteiger partial charge in [-0.3, -0.25) is 0 Å². The molecule has 10 atom stereocenters. The van der Waals surface area contributed by atoms with E-state index in [0.717, 1.165) is 57.8 Å². The van der Waals surface area contributed by atoms with E-state index in [1.807, 2.05) is 0 Å². The fraction of sp³-hybridized carbons (Fsp3) is 0.688. The van der Waals surface area contributed by atoms with Crippen LogP contribution in [-0.2, 0) is 20.8 Å². The zero-order chi connectivity index (χ0) is 25.7. The molecule has 3 aliphatic carbocycles. The molecule has 10 unspecified atom stereocenters. The number of hydrogen-bond acceptors (Lipinski definition) is 1. The maximum absolute atomic E-state index is 4.93. The molecule has 1 aromatic rings. The molecule has 3 saturated carbocycles. The van der Waals surface area contributed by atoms with E-state index in [9.17, 15) is 0 Å². The molecule has 1 heterocycles. The third-order valence-corrected chi connectivity index (χ3v) is 17.7. The van der Waals surface area contributed by atoms with Crippen molar-refractivity contribution >= 4 is 42.4 Å². The van der Waals surface area contributed by atoms with Crippen molar-refractivity contribution in [3.63, 3.8) is 0 Å². The number of benzene rings is 1. The predicted octanol–water partition coefficient (Wildman–Crippen LogP) is 11.6. The molecule has 0 N–H and O–H groups in total. The molecule has 5 heteroatoms. The van der Waals surface area contributed by atoms with Gasteiger partial charge in [0, 0.05) is 5.25 Å². The Kier molecular flexibility index (Phi) is 12.7. The first-order valence-corrected chi connectivity index (χ1v) is 24.3. The number of thioether (sulfide) groups is 1. The van der Waals surface area contributed by atoms with Gasteiger partial charge in [0.15, 0.2) is 0 Å². The normalized spacial score (nSPS) is 38.4. The van der Waals surface area contributed by atoms with Gasteiger partial charge in [-0.2, -0.15) is 0 Å². The second kappa shape index (κ2) is 13.8. The molecule has 37 heavy (non-hydrogen) atoms. The van der Waals surface area contributed by atoms with Crippen molar-refractivity contribution in [1.29, 1.82) is 0 Å². The molecule has 0 saturated heterocycles. The van der Waals surface area contributed by atoms with Crippen LogP contribution >= 0.6 is 28.8 Å². The van der Waals surface area contributed by atoms with Gasteiger partial charge in [0.1, 0.15) is 0 Å². The van der Waals surface area contributed by atoms with E-state index in [4.69, 9.17) is 17.0 Å². The first-order chi connectivity index (χ1) is 16.5. The second-order valence-electron chi connectivity index (χ2n) is 13.2. The van der Waals surface area contributed by atoms with Crippen molar-refractivity contribution in [2.75, 3.05) is 0 Å². The van der Waals surface area contributed by atoms with Crippen LogP contribution in [0, 0.1) is 63.2 Å². The SMILES string of the molecule is CC1=C(c2ccccc2C)C2CC(C)C([Si](C)(C)C3C(C)CC4C(C)CC(C)CC43)C2S1.[CH3-].[CH3-].[Cl][Zr+2][Cl]. The van der Waals surface area contributed by atoms with Crippen LogP contribution in [0.15, 0.2) is 29.2 Å². The van der Waals surface area contributed by atoms with Gasteiger partial charge in [-0.1, -0.05) is 65.1 Å². The number of rotatable bonds is 3. The summed E-state index contributed by atoms with van der Waals surface area (Å²) in [5.41, 5.74) is 6.73. The predicted molar refractivity (Wildman–Crippen MR) is 170 cm³/mol. The zero-order valence-electron chi connectivity index (χ0n) is 25.1. The van der Waals surface area contributed by atoms with Gasteiger partial charge in [0.2, 0.25) is 0 Å². The topological polar surface area (TPSA) is 0 Å². The summed E-state index contributed by atoms with van der Waals surface area (Å²) in [6.45, 7) is 20.8. The van der Waals surface area contributed by atoms with Gasteiger partial charge in [0.25, 0.3) is 0 Å². The minimum absolute atomic E-state index is 0. The van der Waals surface area contributed by atoms with Crippen LogP contribution < -0.4 is 0 Å². The molecule has 0 bridgehead atoms. The Balaban J connectivity index is 0.000000919. The summed E-state index contributed by atoms with van der Waals surface area (Å²) in [5.74, 6) is 6.54. The van der Waals surface area contributed by atoms with Crippen molar-refractivity contribution in [1.82, 2.24) is 0 Å². The molecule has 0 spiro atoms. The molecular formula is C32H52Cl2SSiZr. The first kappa shape index (κ1) is 34.2. The Morgan fingerprint density at radius 2 is 1.41 bits per heavy atom. The number of hydrogen-bond donors (Lipinski definition) is 0. The summed E-state index contributed by atoms with van der Waals surface area (Å²) in [7, 11) is 8.43. The molecule has 0 amide bonds. The zero-order valence-corrected chi connectivity index (χ0v) is 30.9. The molecule has 1 aliphatic heterocycles. The quantitative estimate of drug-likeness (QED) is 0.230. The summed E-state index contributed by atoms with van der Waals surface area (Å²) in [4.78, 5) is 1.63. The van der Waals surface area contributed by atoms with Crippen LogP contribution in [0.25, 0.3) is 5.57 Å². The van der Waals surface area contributed by atoms with E-state index in [0.29, 0.717) is 0 Å². The molecule has 0 radical (unpaired) electrons. The molecule has 0 aromatic heterocycles. The number of allylic oxidation sites excluding steroid dienone is 2. The molecule has 3 fully saturated rings. The Bertz CT molecular complexity index is 933. The van der Waals surface area contributed by atoms with Gasteiger partial charge < -0.3 is 14.9 Å². The van der Waals surface area contributed by atoms with Gasteiger partial charge in [0.05, 0.1) is 8.07 Å². The maximum atomic E-state index is 4.93. The van der Waals surface area contributed by atoms with Crippen LogP contribution in [0.3, 0.4) is 0 Å². The van der Waals surface area contributed by atoms with E-state index in [1.165, 1.54) is 31.2 Å². The number of aryl methyl sites for hydroxylation is 1. The van der Waals surface area contributed by atoms with Crippen molar-refractivity contribution in [3.8, 4) is 0 Å². The fourth-order valence-electron chi connectivity index (χ4n) is 9.94. The van der Waals surface area contributed by atoms with Crippen LogP contribution in [0.2, 0.25) is 24.2 Å².